The lowest BCUT2D eigenvalue weighted by Crippen LogP contribution is -2.40. The second kappa shape index (κ2) is 9.11. The van der Waals surface area contributed by atoms with Crippen LogP contribution in [0.15, 0.2) is 24.3 Å². The summed E-state index contributed by atoms with van der Waals surface area (Å²) >= 11 is 0. The van der Waals surface area contributed by atoms with Gasteiger partial charge in [-0.25, -0.2) is 4.98 Å². The first-order chi connectivity index (χ1) is 14.5. The third-order valence-electron chi connectivity index (χ3n) is 5.63. The van der Waals surface area contributed by atoms with E-state index >= 15 is 0 Å². The van der Waals surface area contributed by atoms with Crippen LogP contribution in [0.5, 0.6) is 0 Å². The lowest BCUT2D eigenvalue weighted by molar-refractivity contribution is -0.137. The molecule has 0 radical (unpaired) electrons. The number of aryl methyl sites for hydroxylation is 1. The first kappa shape index (κ1) is 22.8. The minimum atomic E-state index is -4.47. The summed E-state index contributed by atoms with van der Waals surface area (Å²) in [4.78, 5) is 23.5. The van der Waals surface area contributed by atoms with Crippen molar-refractivity contribution in [3.8, 4) is 0 Å². The minimum absolute atomic E-state index is 0.0230. The zero-order valence-electron chi connectivity index (χ0n) is 18.2. The Morgan fingerprint density at radius 2 is 1.71 bits per heavy atom. The molecular weight excluding hydrogens is 407 g/mol. The number of hydrogen-bond acceptors (Lipinski definition) is 5. The Kier molecular flexibility index (Phi) is 6.71. The van der Waals surface area contributed by atoms with Gasteiger partial charge in [0.15, 0.2) is 0 Å². The standard InChI is InChI=1S/C22H28F3N5O/c1-13-14(2)26-21(29-19(13)30(3)4)28-18-10-8-17(9-11-18)27-20(31)15-6-5-7-16(12-15)22(23,24)25/h5-7,12,17-18H,8-11H2,1-4H3,(H,27,31)(H,26,28,29)/t17-,18+. The molecule has 0 unspecified atom stereocenters. The molecule has 1 heterocycles. The number of amides is 1. The fourth-order valence-electron chi connectivity index (χ4n) is 3.78. The molecule has 1 amide bonds. The molecule has 168 valence electrons. The molecule has 9 heteroatoms. The van der Waals surface area contributed by atoms with Gasteiger partial charge in [0.25, 0.3) is 5.91 Å². The maximum atomic E-state index is 12.9. The van der Waals surface area contributed by atoms with E-state index in [1.54, 1.807) is 0 Å². The molecule has 2 aromatic rings. The van der Waals surface area contributed by atoms with Crippen molar-refractivity contribution >= 4 is 17.7 Å². The molecule has 2 N–H and O–H groups in total. The number of benzene rings is 1. The number of nitrogens with one attached hydrogen (secondary N) is 2. The Morgan fingerprint density at radius 3 is 2.32 bits per heavy atom. The third kappa shape index (κ3) is 5.65. The number of nitrogens with zero attached hydrogens (tertiary/aromatic N) is 3. The van der Waals surface area contributed by atoms with Gasteiger partial charge in [-0.15, -0.1) is 0 Å². The van der Waals surface area contributed by atoms with Gasteiger partial charge in [-0.1, -0.05) is 6.07 Å². The number of hydrogen-bond donors (Lipinski definition) is 2. The number of halogens is 3. The van der Waals surface area contributed by atoms with Crippen LogP contribution in [0.1, 0.15) is 52.9 Å². The SMILES string of the molecule is Cc1nc(N[C@H]2CC[C@@H](NC(=O)c3cccc(C(F)(F)F)c3)CC2)nc(N(C)C)c1C. The molecule has 1 aromatic heterocycles. The van der Waals surface area contributed by atoms with E-state index in [-0.39, 0.29) is 17.6 Å². The maximum absolute atomic E-state index is 12.9. The van der Waals surface area contributed by atoms with Crippen LogP contribution in [0, 0.1) is 13.8 Å². The van der Waals surface area contributed by atoms with Crippen LogP contribution in [0.4, 0.5) is 24.9 Å². The number of rotatable bonds is 5. The molecule has 1 fully saturated rings. The molecule has 1 aliphatic carbocycles. The van der Waals surface area contributed by atoms with Gasteiger partial charge in [-0.05, 0) is 57.7 Å². The second-order valence-corrected chi connectivity index (χ2v) is 8.22. The normalized spacial score (nSPS) is 19.1. The van der Waals surface area contributed by atoms with Crippen LogP contribution in [-0.2, 0) is 6.18 Å². The van der Waals surface area contributed by atoms with Gasteiger partial charge in [-0.3, -0.25) is 4.79 Å². The Bertz CT molecular complexity index is 937. The first-order valence-corrected chi connectivity index (χ1v) is 10.3. The van der Waals surface area contributed by atoms with Crippen LogP contribution < -0.4 is 15.5 Å². The van der Waals surface area contributed by atoms with Gasteiger partial charge in [0.05, 0.1) is 5.56 Å². The quantitative estimate of drug-likeness (QED) is 0.732. The van der Waals surface area contributed by atoms with Gasteiger partial charge in [0, 0.05) is 43.0 Å². The molecule has 6 nitrogen and oxygen atoms in total. The Morgan fingerprint density at radius 1 is 1.06 bits per heavy atom. The summed E-state index contributed by atoms with van der Waals surface area (Å²) in [5.41, 5.74) is 1.16. The Balaban J connectivity index is 1.56. The monoisotopic (exact) mass is 435 g/mol. The van der Waals surface area contributed by atoms with Gasteiger partial charge in [-0.2, -0.15) is 18.2 Å². The molecule has 1 aliphatic rings. The van der Waals surface area contributed by atoms with E-state index in [4.69, 9.17) is 0 Å². The van der Waals surface area contributed by atoms with Crippen LogP contribution in [0.3, 0.4) is 0 Å². The summed E-state index contributed by atoms with van der Waals surface area (Å²) < 4.78 is 38.6. The average molecular weight is 435 g/mol. The molecule has 0 spiro atoms. The van der Waals surface area contributed by atoms with Crippen LogP contribution in [0.2, 0.25) is 0 Å². The van der Waals surface area contributed by atoms with Crippen molar-refractivity contribution in [2.75, 3.05) is 24.3 Å². The van der Waals surface area contributed by atoms with E-state index in [9.17, 15) is 18.0 Å². The van der Waals surface area contributed by atoms with E-state index in [1.165, 1.54) is 12.1 Å². The topological polar surface area (TPSA) is 70.1 Å². The van der Waals surface area contributed by atoms with Crippen molar-refractivity contribution in [3.05, 3.63) is 46.6 Å². The molecule has 0 atom stereocenters. The molecular formula is C22H28F3N5O. The van der Waals surface area contributed by atoms with Crippen molar-refractivity contribution < 1.29 is 18.0 Å². The fourth-order valence-corrected chi connectivity index (χ4v) is 3.78. The highest BCUT2D eigenvalue weighted by Crippen LogP contribution is 2.30. The number of carbonyl (C=O) groups excluding carboxylic acids is 1. The first-order valence-electron chi connectivity index (χ1n) is 10.3. The van der Waals surface area contributed by atoms with Gasteiger partial charge >= 0.3 is 6.18 Å². The lowest BCUT2D eigenvalue weighted by atomic mass is 9.91. The molecule has 1 aromatic carbocycles. The van der Waals surface area contributed by atoms with Crippen molar-refractivity contribution in [3.63, 3.8) is 0 Å². The molecule has 0 bridgehead atoms. The summed E-state index contributed by atoms with van der Waals surface area (Å²) in [5, 5.41) is 6.25. The summed E-state index contributed by atoms with van der Waals surface area (Å²) in [6.07, 6.45) is -1.40. The van der Waals surface area contributed by atoms with Crippen molar-refractivity contribution in [1.29, 1.82) is 0 Å². The summed E-state index contributed by atoms with van der Waals surface area (Å²) in [5.74, 6) is 0.982. The highest BCUT2D eigenvalue weighted by Gasteiger charge is 2.31. The van der Waals surface area contributed by atoms with E-state index in [0.29, 0.717) is 5.95 Å². The minimum Gasteiger partial charge on any atom is -0.362 e. The second-order valence-electron chi connectivity index (χ2n) is 8.22. The van der Waals surface area contributed by atoms with Crippen molar-refractivity contribution in [2.24, 2.45) is 0 Å². The molecule has 3 rings (SSSR count). The molecule has 0 saturated heterocycles. The summed E-state index contributed by atoms with van der Waals surface area (Å²) in [7, 11) is 3.88. The highest BCUT2D eigenvalue weighted by molar-refractivity contribution is 5.94. The number of carbonyl (C=O) groups is 1. The van der Waals surface area contributed by atoms with Crippen LogP contribution >= 0.6 is 0 Å². The summed E-state index contributed by atoms with van der Waals surface area (Å²) in [6.45, 7) is 3.95. The largest absolute Gasteiger partial charge is 0.416 e. The van der Waals surface area contributed by atoms with Gasteiger partial charge in [0.2, 0.25) is 5.95 Å². The third-order valence-corrected chi connectivity index (χ3v) is 5.63. The average Bonchev–Trinajstić information content (AvgIpc) is 2.71. The highest BCUT2D eigenvalue weighted by atomic mass is 19.4. The Hall–Kier alpha value is -2.84. The van der Waals surface area contributed by atoms with Crippen LogP contribution in [-0.4, -0.2) is 42.1 Å². The fraction of sp³-hybridized carbons (Fsp3) is 0.500. The predicted octanol–water partition coefficient (Wildman–Crippen LogP) is 4.33. The van der Waals surface area contributed by atoms with E-state index in [2.05, 4.69) is 20.6 Å². The molecule has 31 heavy (non-hydrogen) atoms. The van der Waals surface area contributed by atoms with Crippen molar-refractivity contribution in [1.82, 2.24) is 15.3 Å². The van der Waals surface area contributed by atoms with Crippen molar-refractivity contribution in [2.45, 2.75) is 57.8 Å². The molecule has 1 saturated carbocycles. The number of aromatic nitrogens is 2. The zero-order chi connectivity index (χ0) is 22.8. The number of anilines is 2. The molecule has 0 aliphatic heterocycles. The zero-order valence-corrected chi connectivity index (χ0v) is 18.2. The van der Waals surface area contributed by atoms with E-state index in [0.717, 1.165) is 54.9 Å². The van der Waals surface area contributed by atoms with E-state index < -0.39 is 17.6 Å². The number of alkyl halides is 3. The predicted molar refractivity (Wildman–Crippen MR) is 114 cm³/mol. The van der Waals surface area contributed by atoms with Gasteiger partial charge < -0.3 is 15.5 Å². The van der Waals surface area contributed by atoms with E-state index in [1.807, 2.05) is 32.8 Å². The van der Waals surface area contributed by atoms with Crippen LogP contribution in [0.25, 0.3) is 0 Å². The maximum Gasteiger partial charge on any atom is 0.416 e. The summed E-state index contributed by atoms with van der Waals surface area (Å²) in [6, 6.07) is 4.62. The van der Waals surface area contributed by atoms with Gasteiger partial charge in [0.1, 0.15) is 5.82 Å². The lowest BCUT2D eigenvalue weighted by Gasteiger charge is -2.30. The Labute approximate surface area is 180 Å². The smallest absolute Gasteiger partial charge is 0.362 e.